The maximum Gasteiger partial charge on any atom is 0.275 e. The van der Waals surface area contributed by atoms with Crippen LogP contribution < -0.4 is 10.5 Å². The monoisotopic (exact) mass is 360 g/mol. The van der Waals surface area contributed by atoms with Crippen LogP contribution in [0.15, 0.2) is 27.7 Å². The van der Waals surface area contributed by atoms with Crippen LogP contribution in [0.25, 0.3) is 4.96 Å². The molecule has 0 radical (unpaired) electrons. The zero-order chi connectivity index (χ0) is 16.5. The van der Waals surface area contributed by atoms with Gasteiger partial charge in [0, 0.05) is 23.2 Å². The Hall–Kier alpha value is -1.73. The maximum absolute atomic E-state index is 12.3. The van der Waals surface area contributed by atoms with Crippen molar-refractivity contribution in [2.75, 3.05) is 4.90 Å². The molecular formula is C17H20N4OS2. The van der Waals surface area contributed by atoms with Crippen LogP contribution in [0.5, 0.6) is 0 Å². The predicted octanol–water partition coefficient (Wildman–Crippen LogP) is 3.86. The first kappa shape index (κ1) is 15.8. The minimum Gasteiger partial charge on any atom is -0.362 e. The highest BCUT2D eigenvalue weighted by Crippen LogP contribution is 2.30. The van der Waals surface area contributed by atoms with E-state index in [0.29, 0.717) is 17.5 Å². The summed E-state index contributed by atoms with van der Waals surface area (Å²) in [5, 5.41) is 9.39. The zero-order valence-electron chi connectivity index (χ0n) is 13.6. The van der Waals surface area contributed by atoms with Gasteiger partial charge in [-0.05, 0) is 31.2 Å². The normalized spacial score (nSPS) is 15.9. The van der Waals surface area contributed by atoms with Gasteiger partial charge in [-0.25, -0.2) is 4.98 Å². The van der Waals surface area contributed by atoms with Crippen molar-refractivity contribution < 1.29 is 0 Å². The van der Waals surface area contributed by atoms with Gasteiger partial charge >= 0.3 is 0 Å². The third kappa shape index (κ3) is 3.10. The van der Waals surface area contributed by atoms with Crippen molar-refractivity contribution in [3.63, 3.8) is 0 Å². The maximum atomic E-state index is 12.3. The van der Waals surface area contributed by atoms with Crippen LogP contribution in [0.3, 0.4) is 0 Å². The van der Waals surface area contributed by atoms with Crippen LogP contribution in [0.4, 0.5) is 5.69 Å². The Bertz CT molecular complexity index is 878. The fraction of sp³-hybridized carbons (Fsp3) is 0.471. The van der Waals surface area contributed by atoms with Crippen molar-refractivity contribution in [1.29, 1.82) is 0 Å². The lowest BCUT2D eigenvalue weighted by atomic mass is 9.94. The van der Waals surface area contributed by atoms with Crippen molar-refractivity contribution in [1.82, 2.24) is 14.6 Å². The molecule has 0 amide bonds. The first-order valence-electron chi connectivity index (χ1n) is 8.36. The Morgan fingerprint density at radius 3 is 2.92 bits per heavy atom. The molecule has 0 N–H and O–H groups in total. The summed E-state index contributed by atoms with van der Waals surface area (Å²) in [5.74, 6) is 0. The van der Waals surface area contributed by atoms with Crippen LogP contribution in [-0.2, 0) is 6.54 Å². The van der Waals surface area contributed by atoms with Crippen LogP contribution in [0, 0.1) is 6.92 Å². The van der Waals surface area contributed by atoms with E-state index in [1.807, 2.05) is 6.92 Å². The van der Waals surface area contributed by atoms with E-state index in [1.54, 1.807) is 17.4 Å². The molecule has 3 heterocycles. The van der Waals surface area contributed by atoms with E-state index in [0.717, 1.165) is 10.7 Å². The summed E-state index contributed by atoms with van der Waals surface area (Å²) in [7, 11) is 0. The van der Waals surface area contributed by atoms with Gasteiger partial charge in [0.05, 0.1) is 12.2 Å². The van der Waals surface area contributed by atoms with E-state index in [4.69, 9.17) is 0 Å². The van der Waals surface area contributed by atoms with Gasteiger partial charge in [0.1, 0.15) is 5.01 Å². The van der Waals surface area contributed by atoms with E-state index in [2.05, 4.69) is 31.8 Å². The molecule has 0 unspecified atom stereocenters. The number of nitrogens with zero attached hydrogens (tertiary/aromatic N) is 4. The van der Waals surface area contributed by atoms with E-state index in [1.165, 1.54) is 53.6 Å². The van der Waals surface area contributed by atoms with Gasteiger partial charge in [-0.1, -0.05) is 30.6 Å². The van der Waals surface area contributed by atoms with Gasteiger partial charge in [-0.2, -0.15) is 21.0 Å². The standard InChI is InChI=1S/C17H20N4OS2/c1-12-19-21-16(22)9-13(18-17(21)24-12)10-20(15-7-8-23-11-15)14-5-3-2-4-6-14/h7-9,11,14H,2-6,10H2,1H3. The second kappa shape index (κ2) is 6.64. The van der Waals surface area contributed by atoms with Crippen molar-refractivity contribution in [3.05, 3.63) is 43.9 Å². The summed E-state index contributed by atoms with van der Waals surface area (Å²) in [5.41, 5.74) is 1.99. The lowest BCUT2D eigenvalue weighted by molar-refractivity contribution is 0.412. The number of aromatic nitrogens is 3. The summed E-state index contributed by atoms with van der Waals surface area (Å²) >= 11 is 3.18. The molecule has 1 fully saturated rings. The number of aryl methyl sites for hydroxylation is 1. The largest absolute Gasteiger partial charge is 0.362 e. The molecule has 126 valence electrons. The fourth-order valence-corrected chi connectivity index (χ4v) is 4.87. The van der Waals surface area contributed by atoms with Crippen molar-refractivity contribution in [3.8, 4) is 0 Å². The highest BCUT2D eigenvalue weighted by molar-refractivity contribution is 7.16. The molecule has 7 heteroatoms. The van der Waals surface area contributed by atoms with Crippen LogP contribution >= 0.6 is 22.7 Å². The molecule has 4 rings (SSSR count). The van der Waals surface area contributed by atoms with Gasteiger partial charge < -0.3 is 4.90 Å². The predicted molar refractivity (Wildman–Crippen MR) is 99.2 cm³/mol. The van der Waals surface area contributed by atoms with Gasteiger partial charge in [0.2, 0.25) is 4.96 Å². The number of thiophene rings is 1. The Kier molecular flexibility index (Phi) is 4.37. The molecule has 5 nitrogen and oxygen atoms in total. The number of hydrogen-bond acceptors (Lipinski definition) is 6. The van der Waals surface area contributed by atoms with Crippen molar-refractivity contribution in [2.24, 2.45) is 0 Å². The smallest absolute Gasteiger partial charge is 0.275 e. The summed E-state index contributed by atoms with van der Waals surface area (Å²) in [6, 6.07) is 4.34. The van der Waals surface area contributed by atoms with E-state index >= 15 is 0 Å². The molecule has 1 aliphatic carbocycles. The average molecular weight is 361 g/mol. The van der Waals surface area contributed by atoms with Crippen LogP contribution in [0.1, 0.15) is 42.8 Å². The van der Waals surface area contributed by atoms with Gasteiger partial charge in [-0.15, -0.1) is 0 Å². The molecule has 0 bridgehead atoms. The number of rotatable bonds is 4. The Balaban J connectivity index is 1.68. The third-order valence-corrected chi connectivity index (χ3v) is 6.08. The SMILES string of the molecule is Cc1nn2c(=O)cc(CN(c3ccsc3)C3CCCCC3)nc2s1. The second-order valence-corrected chi connectivity index (χ2v) is 8.24. The molecule has 0 aliphatic heterocycles. The molecular weight excluding hydrogens is 340 g/mol. The number of anilines is 1. The van der Waals surface area contributed by atoms with Gasteiger partial charge in [-0.3, -0.25) is 4.79 Å². The Morgan fingerprint density at radius 2 is 2.17 bits per heavy atom. The molecule has 1 saturated carbocycles. The minimum absolute atomic E-state index is 0.0896. The van der Waals surface area contributed by atoms with Gasteiger partial charge in [0.15, 0.2) is 0 Å². The van der Waals surface area contributed by atoms with Crippen molar-refractivity contribution in [2.45, 2.75) is 51.6 Å². The Labute approximate surface area is 148 Å². The number of fused-ring (bicyclic) bond motifs is 1. The van der Waals surface area contributed by atoms with Crippen LogP contribution in [0.2, 0.25) is 0 Å². The lowest BCUT2D eigenvalue weighted by Gasteiger charge is -2.35. The van der Waals surface area contributed by atoms with Crippen LogP contribution in [-0.4, -0.2) is 20.6 Å². The quantitative estimate of drug-likeness (QED) is 0.709. The molecule has 3 aromatic heterocycles. The first-order chi connectivity index (χ1) is 11.7. The summed E-state index contributed by atoms with van der Waals surface area (Å²) < 4.78 is 1.40. The molecule has 0 spiro atoms. The minimum atomic E-state index is -0.0896. The number of hydrogen-bond donors (Lipinski definition) is 0. The molecule has 1 aliphatic rings. The molecule has 24 heavy (non-hydrogen) atoms. The summed E-state index contributed by atoms with van der Waals surface area (Å²) in [6.07, 6.45) is 6.34. The lowest BCUT2D eigenvalue weighted by Crippen LogP contribution is -2.36. The topological polar surface area (TPSA) is 50.5 Å². The van der Waals surface area contributed by atoms with E-state index in [-0.39, 0.29) is 5.56 Å². The molecule has 0 saturated heterocycles. The highest BCUT2D eigenvalue weighted by atomic mass is 32.1. The summed E-state index contributed by atoms with van der Waals surface area (Å²) in [6.45, 7) is 2.59. The fourth-order valence-electron chi connectivity index (χ4n) is 3.45. The second-order valence-electron chi connectivity index (χ2n) is 6.30. The zero-order valence-corrected chi connectivity index (χ0v) is 15.3. The first-order valence-corrected chi connectivity index (χ1v) is 10.1. The summed E-state index contributed by atoms with van der Waals surface area (Å²) in [4.78, 5) is 20.1. The molecule has 3 aromatic rings. The third-order valence-electron chi connectivity index (χ3n) is 4.58. The highest BCUT2D eigenvalue weighted by Gasteiger charge is 2.23. The molecule has 0 atom stereocenters. The average Bonchev–Trinajstić information content (AvgIpc) is 3.23. The van der Waals surface area contributed by atoms with E-state index in [9.17, 15) is 4.79 Å². The molecule has 0 aromatic carbocycles. The Morgan fingerprint density at radius 1 is 1.33 bits per heavy atom. The van der Waals surface area contributed by atoms with Gasteiger partial charge in [0.25, 0.3) is 5.56 Å². The van der Waals surface area contributed by atoms with Crippen molar-refractivity contribution >= 4 is 33.3 Å². The van der Waals surface area contributed by atoms with E-state index < -0.39 is 0 Å².